The summed E-state index contributed by atoms with van der Waals surface area (Å²) in [7, 11) is 0. The number of esters is 1. The Hall–Kier alpha value is -0.610. The first-order valence-corrected chi connectivity index (χ1v) is 5.05. The molecule has 2 atom stereocenters. The molecule has 0 aromatic heterocycles. The fraction of sp³-hybridized carbons (Fsp3) is 0.900. The predicted octanol–water partition coefficient (Wildman–Crippen LogP) is 0.298. The van der Waals surface area contributed by atoms with Crippen molar-refractivity contribution in [3.05, 3.63) is 0 Å². The van der Waals surface area contributed by atoms with E-state index in [-0.39, 0.29) is 30.1 Å². The van der Waals surface area contributed by atoms with Crippen LogP contribution in [-0.2, 0) is 9.53 Å². The van der Waals surface area contributed by atoms with E-state index in [0.29, 0.717) is 13.0 Å². The van der Waals surface area contributed by atoms with Gasteiger partial charge in [-0.05, 0) is 13.3 Å². The van der Waals surface area contributed by atoms with E-state index < -0.39 is 0 Å². The molecule has 1 saturated carbocycles. The van der Waals surface area contributed by atoms with E-state index in [1.807, 2.05) is 13.8 Å². The van der Waals surface area contributed by atoms with Crippen molar-refractivity contribution in [1.29, 1.82) is 0 Å². The zero-order valence-electron chi connectivity index (χ0n) is 9.04. The molecule has 4 heteroatoms. The van der Waals surface area contributed by atoms with Crippen LogP contribution < -0.4 is 5.32 Å². The smallest absolute Gasteiger partial charge is 0.319 e. The minimum absolute atomic E-state index is 0.132. The molecular weight excluding hydrogens is 182 g/mol. The summed E-state index contributed by atoms with van der Waals surface area (Å²) in [5.41, 5.74) is -0.132. The number of aliphatic hydroxyl groups is 1. The normalized spacial score (nSPS) is 29.4. The molecule has 0 aromatic carbocycles. The third kappa shape index (κ3) is 2.25. The number of hydrogen-bond donors (Lipinski definition) is 2. The number of hydrogen-bond acceptors (Lipinski definition) is 4. The van der Waals surface area contributed by atoms with Gasteiger partial charge in [0.05, 0.1) is 19.3 Å². The second kappa shape index (κ2) is 4.28. The lowest BCUT2D eigenvalue weighted by molar-refractivity contribution is -0.143. The lowest BCUT2D eigenvalue weighted by Gasteiger charge is -2.49. The molecule has 2 unspecified atom stereocenters. The molecule has 1 aliphatic carbocycles. The third-order valence-electron chi connectivity index (χ3n) is 3.01. The second-order valence-corrected chi connectivity index (χ2v) is 4.31. The van der Waals surface area contributed by atoms with Gasteiger partial charge < -0.3 is 15.2 Å². The first-order chi connectivity index (χ1) is 6.48. The monoisotopic (exact) mass is 201 g/mol. The lowest BCUT2D eigenvalue weighted by atomic mass is 9.64. The molecule has 0 spiro atoms. The predicted molar refractivity (Wildman–Crippen MR) is 52.8 cm³/mol. The van der Waals surface area contributed by atoms with Gasteiger partial charge in [0.25, 0.3) is 0 Å². The molecule has 2 N–H and O–H groups in total. The van der Waals surface area contributed by atoms with Crippen molar-refractivity contribution >= 4 is 5.97 Å². The fourth-order valence-corrected chi connectivity index (χ4v) is 1.67. The van der Waals surface area contributed by atoms with Crippen molar-refractivity contribution in [2.24, 2.45) is 5.41 Å². The van der Waals surface area contributed by atoms with E-state index in [4.69, 9.17) is 4.74 Å². The zero-order valence-corrected chi connectivity index (χ0v) is 9.04. The van der Waals surface area contributed by atoms with E-state index in [1.165, 1.54) is 0 Å². The Morgan fingerprint density at radius 1 is 1.64 bits per heavy atom. The van der Waals surface area contributed by atoms with Crippen molar-refractivity contribution < 1.29 is 14.6 Å². The quantitative estimate of drug-likeness (QED) is 0.642. The molecule has 14 heavy (non-hydrogen) atoms. The van der Waals surface area contributed by atoms with Gasteiger partial charge in [-0.2, -0.15) is 0 Å². The standard InChI is InChI=1S/C10H19NO3/c1-4-14-9(13)6-11-7-5-8(12)10(7,2)3/h7-8,11-12H,4-6H2,1-3H3. The van der Waals surface area contributed by atoms with Crippen LogP contribution in [0.1, 0.15) is 27.2 Å². The second-order valence-electron chi connectivity index (χ2n) is 4.31. The molecule has 0 aromatic rings. The SMILES string of the molecule is CCOC(=O)CNC1CC(O)C1(C)C. The maximum absolute atomic E-state index is 11.0. The van der Waals surface area contributed by atoms with Crippen LogP contribution in [0.5, 0.6) is 0 Å². The van der Waals surface area contributed by atoms with Crippen LogP contribution in [0.4, 0.5) is 0 Å². The average molecular weight is 201 g/mol. The summed E-state index contributed by atoms with van der Waals surface area (Å²) in [5.74, 6) is -0.232. The number of nitrogens with one attached hydrogen (secondary N) is 1. The highest BCUT2D eigenvalue weighted by Crippen LogP contribution is 2.40. The van der Waals surface area contributed by atoms with Gasteiger partial charge in [0.1, 0.15) is 0 Å². The molecule has 0 bridgehead atoms. The summed E-state index contributed by atoms with van der Waals surface area (Å²) in [6.45, 7) is 6.41. The van der Waals surface area contributed by atoms with E-state index >= 15 is 0 Å². The van der Waals surface area contributed by atoms with Gasteiger partial charge >= 0.3 is 5.97 Å². The van der Waals surface area contributed by atoms with Crippen LogP contribution in [0.2, 0.25) is 0 Å². The van der Waals surface area contributed by atoms with Crippen molar-refractivity contribution in [3.63, 3.8) is 0 Å². The zero-order chi connectivity index (χ0) is 10.8. The Bertz CT molecular complexity index is 215. The van der Waals surface area contributed by atoms with E-state index in [0.717, 1.165) is 0 Å². The summed E-state index contributed by atoms with van der Waals surface area (Å²) in [6.07, 6.45) is 0.453. The molecule has 0 aliphatic heterocycles. The lowest BCUT2D eigenvalue weighted by Crippen LogP contribution is -2.60. The Labute approximate surface area is 84.6 Å². The number of aliphatic hydroxyl groups excluding tert-OH is 1. The maximum atomic E-state index is 11.0. The van der Waals surface area contributed by atoms with Crippen molar-refractivity contribution in [3.8, 4) is 0 Å². The molecule has 4 nitrogen and oxygen atoms in total. The first kappa shape index (κ1) is 11.5. The molecule has 1 fully saturated rings. The van der Waals surface area contributed by atoms with Gasteiger partial charge in [0.2, 0.25) is 0 Å². The molecule has 0 saturated heterocycles. The Balaban J connectivity index is 2.24. The first-order valence-electron chi connectivity index (χ1n) is 5.05. The van der Waals surface area contributed by atoms with Gasteiger partial charge in [-0.3, -0.25) is 4.79 Å². The summed E-state index contributed by atoms with van der Waals surface area (Å²) in [4.78, 5) is 11.0. The molecular formula is C10H19NO3. The summed E-state index contributed by atoms with van der Waals surface area (Å²) >= 11 is 0. The van der Waals surface area contributed by atoms with Gasteiger partial charge in [-0.1, -0.05) is 13.8 Å². The Morgan fingerprint density at radius 2 is 2.29 bits per heavy atom. The number of ether oxygens (including phenoxy) is 1. The minimum Gasteiger partial charge on any atom is -0.465 e. The molecule has 82 valence electrons. The molecule has 1 rings (SSSR count). The fourth-order valence-electron chi connectivity index (χ4n) is 1.67. The largest absolute Gasteiger partial charge is 0.465 e. The third-order valence-corrected chi connectivity index (χ3v) is 3.01. The Kier molecular flexibility index (Phi) is 3.50. The minimum atomic E-state index is -0.262. The van der Waals surface area contributed by atoms with Crippen molar-refractivity contribution in [2.45, 2.75) is 39.3 Å². The molecule has 1 aliphatic rings. The van der Waals surface area contributed by atoms with E-state index in [9.17, 15) is 9.90 Å². The highest BCUT2D eigenvalue weighted by Gasteiger charge is 2.46. The van der Waals surface area contributed by atoms with E-state index in [1.54, 1.807) is 6.92 Å². The number of rotatable bonds is 4. The van der Waals surface area contributed by atoms with Crippen molar-refractivity contribution in [2.75, 3.05) is 13.2 Å². The summed E-state index contributed by atoms with van der Waals surface area (Å²) < 4.78 is 4.79. The molecule has 0 heterocycles. The van der Waals surface area contributed by atoms with Crippen LogP contribution in [0, 0.1) is 5.41 Å². The molecule has 0 amide bonds. The van der Waals surface area contributed by atoms with Gasteiger partial charge in [0, 0.05) is 11.5 Å². The Morgan fingerprint density at radius 3 is 2.71 bits per heavy atom. The summed E-state index contributed by atoms with van der Waals surface area (Å²) in [6, 6.07) is 0.210. The van der Waals surface area contributed by atoms with Gasteiger partial charge in [-0.15, -0.1) is 0 Å². The maximum Gasteiger partial charge on any atom is 0.319 e. The number of carbonyl (C=O) groups excluding carboxylic acids is 1. The van der Waals surface area contributed by atoms with Crippen LogP contribution in [0.15, 0.2) is 0 Å². The van der Waals surface area contributed by atoms with Crippen LogP contribution in [-0.4, -0.2) is 36.4 Å². The van der Waals surface area contributed by atoms with E-state index in [2.05, 4.69) is 5.32 Å². The highest BCUT2D eigenvalue weighted by molar-refractivity contribution is 5.71. The number of carbonyl (C=O) groups is 1. The topological polar surface area (TPSA) is 58.6 Å². The van der Waals surface area contributed by atoms with Gasteiger partial charge in [0.15, 0.2) is 0 Å². The van der Waals surface area contributed by atoms with Crippen LogP contribution in [0.3, 0.4) is 0 Å². The van der Waals surface area contributed by atoms with Crippen LogP contribution >= 0.6 is 0 Å². The van der Waals surface area contributed by atoms with Gasteiger partial charge in [-0.25, -0.2) is 0 Å². The summed E-state index contributed by atoms with van der Waals surface area (Å²) in [5, 5.41) is 12.5. The average Bonchev–Trinajstić information content (AvgIpc) is 2.12. The van der Waals surface area contributed by atoms with Crippen LogP contribution in [0.25, 0.3) is 0 Å². The highest BCUT2D eigenvalue weighted by atomic mass is 16.5. The molecule has 0 radical (unpaired) electrons. The van der Waals surface area contributed by atoms with Crippen molar-refractivity contribution in [1.82, 2.24) is 5.32 Å².